The lowest BCUT2D eigenvalue weighted by Gasteiger charge is -2.32. The number of pyridine rings is 1. The summed E-state index contributed by atoms with van der Waals surface area (Å²) in [6.07, 6.45) is 3.31. The van der Waals surface area contributed by atoms with Crippen LogP contribution in [-0.2, 0) is 16.0 Å². The van der Waals surface area contributed by atoms with Crippen molar-refractivity contribution in [1.82, 2.24) is 15.0 Å². The molecule has 2 aromatic heterocycles. The molecule has 1 fully saturated rings. The van der Waals surface area contributed by atoms with Gasteiger partial charge in [0.2, 0.25) is 5.91 Å². The summed E-state index contributed by atoms with van der Waals surface area (Å²) >= 11 is 0. The lowest BCUT2D eigenvalue weighted by atomic mass is 9.81. The Morgan fingerprint density at radius 3 is 2.41 bits per heavy atom. The van der Waals surface area contributed by atoms with Gasteiger partial charge in [0.25, 0.3) is 5.91 Å². The molecule has 1 saturated carbocycles. The van der Waals surface area contributed by atoms with E-state index in [1.807, 2.05) is 31.2 Å². The first-order valence-corrected chi connectivity index (χ1v) is 14.9. The number of anilines is 3. The second kappa shape index (κ2) is 13.2. The number of nitrogens with zero attached hydrogens (tertiary/aromatic N) is 2. The van der Waals surface area contributed by atoms with Gasteiger partial charge < -0.3 is 32.1 Å². The van der Waals surface area contributed by atoms with Crippen molar-refractivity contribution < 1.29 is 9.59 Å². The Balaban J connectivity index is 0.00000384. The van der Waals surface area contributed by atoms with Crippen LogP contribution in [-0.4, -0.2) is 52.4 Å². The second-order valence-corrected chi connectivity index (χ2v) is 11.7. The average molecular weight is 619 g/mol. The molecule has 0 bridgehead atoms. The minimum absolute atomic E-state index is 0. The molecule has 0 saturated heterocycles. The number of hydrogen-bond acceptors (Lipinski definition) is 8. The Labute approximate surface area is 261 Å². The highest BCUT2D eigenvalue weighted by Gasteiger charge is 2.35. The van der Waals surface area contributed by atoms with E-state index in [1.54, 1.807) is 18.2 Å². The van der Waals surface area contributed by atoms with E-state index < -0.39 is 11.9 Å². The van der Waals surface area contributed by atoms with E-state index in [1.165, 1.54) is 4.90 Å². The third kappa shape index (κ3) is 6.35. The number of benzene rings is 2. The minimum Gasteiger partial charge on any atom is -0.380 e. The van der Waals surface area contributed by atoms with E-state index in [0.29, 0.717) is 42.0 Å². The Morgan fingerprint density at radius 2 is 1.68 bits per heavy atom. The summed E-state index contributed by atoms with van der Waals surface area (Å²) in [7, 11) is 0. The van der Waals surface area contributed by atoms with Crippen LogP contribution >= 0.6 is 12.4 Å². The molecule has 0 radical (unpaired) electrons. The SMILES string of the molecule is Cc1nc2c(cc1-c1ccc(C[C@H](N)C(=O)N(c3ccc4[nH]c(=O)[nH]c4c3)C(=O)[C@H]3CC[C@H](CN)CC3)cc1)NCCN2.Cl. The highest BCUT2D eigenvalue weighted by Crippen LogP contribution is 2.33. The van der Waals surface area contributed by atoms with Crippen LogP contribution in [0.1, 0.15) is 36.9 Å². The number of imidazole rings is 1. The van der Waals surface area contributed by atoms with Crippen LogP contribution in [0.4, 0.5) is 17.2 Å². The summed E-state index contributed by atoms with van der Waals surface area (Å²) in [5, 5.41) is 6.70. The molecule has 2 aliphatic rings. The number of aromatic nitrogens is 3. The van der Waals surface area contributed by atoms with Crippen LogP contribution in [0.5, 0.6) is 0 Å². The summed E-state index contributed by atoms with van der Waals surface area (Å²) < 4.78 is 0. The molecule has 1 atom stereocenters. The second-order valence-electron chi connectivity index (χ2n) is 11.7. The number of H-pyrrole nitrogens is 2. The van der Waals surface area contributed by atoms with Gasteiger partial charge in [-0.25, -0.2) is 14.7 Å². The largest absolute Gasteiger partial charge is 0.380 e. The number of carbonyl (C=O) groups excluding carboxylic acids is 2. The molecule has 2 aromatic carbocycles. The molecule has 2 amide bonds. The van der Waals surface area contributed by atoms with Gasteiger partial charge in [0.1, 0.15) is 5.82 Å². The third-order valence-corrected chi connectivity index (χ3v) is 8.71. The first-order valence-electron chi connectivity index (χ1n) is 14.9. The summed E-state index contributed by atoms with van der Waals surface area (Å²) in [6, 6.07) is 14.1. The van der Waals surface area contributed by atoms with Gasteiger partial charge in [-0.3, -0.25) is 9.59 Å². The van der Waals surface area contributed by atoms with Crippen molar-refractivity contribution in [3.05, 3.63) is 70.3 Å². The monoisotopic (exact) mass is 618 g/mol. The Bertz CT molecular complexity index is 1710. The molecule has 3 heterocycles. The van der Waals surface area contributed by atoms with Crippen molar-refractivity contribution in [2.24, 2.45) is 23.3 Å². The van der Waals surface area contributed by atoms with Crippen molar-refractivity contribution in [2.45, 2.75) is 45.1 Å². The normalized spacial score (nSPS) is 18.3. The maximum absolute atomic E-state index is 13.9. The van der Waals surface area contributed by atoms with E-state index in [-0.39, 0.29) is 36.3 Å². The number of nitrogens with two attached hydrogens (primary N) is 2. The van der Waals surface area contributed by atoms with Crippen LogP contribution in [0.15, 0.2) is 53.3 Å². The Morgan fingerprint density at radius 1 is 0.977 bits per heavy atom. The number of amides is 2. The molecule has 4 aromatic rings. The van der Waals surface area contributed by atoms with Crippen molar-refractivity contribution in [1.29, 1.82) is 0 Å². The molecule has 1 aliphatic heterocycles. The van der Waals surface area contributed by atoms with E-state index >= 15 is 0 Å². The molecule has 8 N–H and O–H groups in total. The van der Waals surface area contributed by atoms with Crippen molar-refractivity contribution in [3.63, 3.8) is 0 Å². The van der Waals surface area contributed by atoms with Crippen LogP contribution in [0, 0.1) is 18.8 Å². The highest BCUT2D eigenvalue weighted by molar-refractivity contribution is 6.17. The van der Waals surface area contributed by atoms with Crippen LogP contribution in [0.3, 0.4) is 0 Å². The van der Waals surface area contributed by atoms with Crippen LogP contribution in [0.2, 0.25) is 0 Å². The zero-order valence-corrected chi connectivity index (χ0v) is 25.5. The Hall–Kier alpha value is -4.19. The molecule has 44 heavy (non-hydrogen) atoms. The fourth-order valence-electron chi connectivity index (χ4n) is 6.22. The van der Waals surface area contributed by atoms with Gasteiger partial charge in [0.15, 0.2) is 0 Å². The van der Waals surface area contributed by atoms with Gasteiger partial charge in [-0.15, -0.1) is 12.4 Å². The number of carbonyl (C=O) groups is 2. The van der Waals surface area contributed by atoms with Gasteiger partial charge in [-0.05, 0) is 86.9 Å². The maximum Gasteiger partial charge on any atom is 0.323 e. The maximum atomic E-state index is 13.9. The fraction of sp³-hybridized carbons (Fsp3) is 0.375. The third-order valence-electron chi connectivity index (χ3n) is 8.71. The number of imide groups is 1. The summed E-state index contributed by atoms with van der Waals surface area (Å²) in [4.78, 5) is 51.0. The van der Waals surface area contributed by atoms with E-state index in [4.69, 9.17) is 16.5 Å². The van der Waals surface area contributed by atoms with Gasteiger partial charge in [-0.1, -0.05) is 24.3 Å². The number of rotatable bonds is 7. The smallest absolute Gasteiger partial charge is 0.323 e. The molecule has 0 unspecified atom stereocenters. The number of hydrogen-bond donors (Lipinski definition) is 6. The molecule has 11 nitrogen and oxygen atoms in total. The Kier molecular flexibility index (Phi) is 9.38. The zero-order valence-electron chi connectivity index (χ0n) is 24.7. The van der Waals surface area contributed by atoms with E-state index in [2.05, 4.69) is 26.7 Å². The van der Waals surface area contributed by atoms with Gasteiger partial charge in [0, 0.05) is 30.3 Å². The van der Waals surface area contributed by atoms with E-state index in [0.717, 1.165) is 59.8 Å². The first-order chi connectivity index (χ1) is 20.8. The van der Waals surface area contributed by atoms with E-state index in [9.17, 15) is 14.4 Å². The summed E-state index contributed by atoms with van der Waals surface area (Å²) in [6.45, 7) is 4.27. The molecule has 0 spiro atoms. The first kappa shape index (κ1) is 31.2. The van der Waals surface area contributed by atoms with Gasteiger partial charge >= 0.3 is 5.69 Å². The summed E-state index contributed by atoms with van der Waals surface area (Å²) in [5.74, 6) is 0.232. The quantitative estimate of drug-likeness (QED) is 0.182. The minimum atomic E-state index is -0.946. The molecule has 232 valence electrons. The number of aromatic amines is 2. The standard InChI is InChI=1S/C32H38N8O3.ClH/c1-18-24(16-28-29(37-18)36-13-12-35-28)21-6-2-19(3-7-21)14-25(34)31(42)40(30(41)22-8-4-20(17-33)5-9-22)23-10-11-26-27(15-23)39-32(43)38-26;/h2-3,6-7,10-11,15-16,20,22,25,35H,4-5,8-9,12-14,17,33-34H2,1H3,(H,36,37)(H2,38,39,43);1H/t20-,22-,25-;/m0./s1. The van der Waals surface area contributed by atoms with Crippen molar-refractivity contribution in [3.8, 4) is 11.1 Å². The molecular weight excluding hydrogens is 580 g/mol. The molecule has 12 heteroatoms. The molecule has 6 rings (SSSR count). The summed E-state index contributed by atoms with van der Waals surface area (Å²) in [5.41, 5.74) is 18.4. The lowest BCUT2D eigenvalue weighted by molar-refractivity contribution is -0.130. The average Bonchev–Trinajstić information content (AvgIpc) is 3.40. The predicted octanol–water partition coefficient (Wildman–Crippen LogP) is 3.68. The van der Waals surface area contributed by atoms with Crippen molar-refractivity contribution >= 4 is 52.4 Å². The number of aryl methyl sites for hydroxylation is 1. The number of nitrogens with one attached hydrogen (secondary N) is 4. The van der Waals surface area contributed by atoms with Crippen molar-refractivity contribution in [2.75, 3.05) is 35.2 Å². The van der Waals surface area contributed by atoms with Crippen LogP contribution < -0.4 is 32.7 Å². The fourth-order valence-corrected chi connectivity index (χ4v) is 6.22. The van der Waals surface area contributed by atoms with Gasteiger partial charge in [0.05, 0.1) is 28.5 Å². The zero-order chi connectivity index (χ0) is 30.1. The lowest BCUT2D eigenvalue weighted by Crippen LogP contribution is -2.50. The number of fused-ring (bicyclic) bond motifs is 2. The van der Waals surface area contributed by atoms with Crippen LogP contribution in [0.25, 0.3) is 22.2 Å². The predicted molar refractivity (Wildman–Crippen MR) is 176 cm³/mol. The topological polar surface area (TPSA) is 175 Å². The molecular formula is C32H39ClN8O3. The van der Waals surface area contributed by atoms with Gasteiger partial charge in [-0.2, -0.15) is 0 Å². The number of halogens is 1. The highest BCUT2D eigenvalue weighted by atomic mass is 35.5. The molecule has 1 aliphatic carbocycles.